The van der Waals surface area contributed by atoms with E-state index in [1.165, 1.54) is 6.07 Å². The molecule has 3 nitrogen and oxygen atoms in total. The summed E-state index contributed by atoms with van der Waals surface area (Å²) in [4.78, 5) is 7.18. The molecular formula is C11H10FN3. The van der Waals surface area contributed by atoms with Crippen LogP contribution in [-0.2, 0) is 0 Å². The number of benzene rings is 1. The zero-order valence-corrected chi connectivity index (χ0v) is 8.50. The monoisotopic (exact) mass is 203 g/mol. The minimum atomic E-state index is -0.305. The number of aryl methyl sites for hydroxylation is 1. The highest BCUT2D eigenvalue weighted by Crippen LogP contribution is 2.19. The van der Waals surface area contributed by atoms with Crippen LogP contribution in [0.2, 0.25) is 0 Å². The summed E-state index contributed by atoms with van der Waals surface area (Å²) in [6, 6.07) is 5.17. The van der Waals surface area contributed by atoms with Crippen LogP contribution in [-0.4, -0.2) is 9.97 Å². The summed E-state index contributed by atoms with van der Waals surface area (Å²) in [7, 11) is 0. The van der Waals surface area contributed by atoms with E-state index in [4.69, 9.17) is 5.26 Å². The average Bonchev–Trinajstić information content (AvgIpc) is 2.60. The largest absolute Gasteiger partial charge is 0.341 e. The van der Waals surface area contributed by atoms with E-state index in [1.54, 1.807) is 19.9 Å². The van der Waals surface area contributed by atoms with Crippen LogP contribution in [0.15, 0.2) is 12.1 Å². The van der Waals surface area contributed by atoms with Gasteiger partial charge in [-0.3, -0.25) is 0 Å². The molecule has 0 spiro atoms. The molecule has 0 amide bonds. The summed E-state index contributed by atoms with van der Waals surface area (Å²) < 4.78 is 13.2. The summed E-state index contributed by atoms with van der Waals surface area (Å²) in [5, 5.41) is 8.74. The van der Waals surface area contributed by atoms with Gasteiger partial charge in [-0.05, 0) is 25.5 Å². The van der Waals surface area contributed by atoms with Crippen molar-refractivity contribution >= 4 is 11.0 Å². The maximum atomic E-state index is 13.2. The quantitative estimate of drug-likeness (QED) is 0.774. The first kappa shape index (κ1) is 9.66. The SMILES string of the molecule is Cc1cc2[nH]c(C(C)C#N)nc2cc1F. The lowest BCUT2D eigenvalue weighted by Gasteiger charge is -1.94. The Kier molecular flexibility index (Phi) is 2.16. The van der Waals surface area contributed by atoms with Gasteiger partial charge in [-0.15, -0.1) is 0 Å². The number of aromatic amines is 1. The van der Waals surface area contributed by atoms with Gasteiger partial charge in [0.1, 0.15) is 17.6 Å². The van der Waals surface area contributed by atoms with Crippen molar-refractivity contribution in [3.8, 4) is 6.07 Å². The Hall–Kier alpha value is -1.89. The van der Waals surface area contributed by atoms with Gasteiger partial charge in [0.2, 0.25) is 0 Å². The third-order valence-electron chi connectivity index (χ3n) is 2.38. The number of imidazole rings is 1. The van der Waals surface area contributed by atoms with Gasteiger partial charge in [0.05, 0.1) is 17.1 Å². The summed E-state index contributed by atoms with van der Waals surface area (Å²) >= 11 is 0. The van der Waals surface area contributed by atoms with E-state index >= 15 is 0 Å². The molecule has 0 aliphatic heterocycles. The Balaban J connectivity index is 2.62. The number of hydrogen-bond acceptors (Lipinski definition) is 2. The van der Waals surface area contributed by atoms with Crippen molar-refractivity contribution in [1.29, 1.82) is 5.26 Å². The number of nitrogens with one attached hydrogen (secondary N) is 1. The van der Waals surface area contributed by atoms with Crippen LogP contribution in [0.4, 0.5) is 4.39 Å². The smallest absolute Gasteiger partial charge is 0.128 e. The van der Waals surface area contributed by atoms with Crippen LogP contribution < -0.4 is 0 Å². The van der Waals surface area contributed by atoms with Crippen molar-refractivity contribution < 1.29 is 4.39 Å². The van der Waals surface area contributed by atoms with E-state index in [9.17, 15) is 4.39 Å². The lowest BCUT2D eigenvalue weighted by Crippen LogP contribution is -1.91. The van der Waals surface area contributed by atoms with Gasteiger partial charge in [-0.1, -0.05) is 0 Å². The van der Waals surface area contributed by atoms with E-state index < -0.39 is 0 Å². The van der Waals surface area contributed by atoms with Crippen molar-refractivity contribution in [2.75, 3.05) is 0 Å². The van der Waals surface area contributed by atoms with Gasteiger partial charge in [-0.25, -0.2) is 9.37 Å². The number of aromatic nitrogens is 2. The fourth-order valence-electron chi connectivity index (χ4n) is 1.43. The summed E-state index contributed by atoms with van der Waals surface area (Å²) in [5.74, 6) is 0.00317. The normalized spacial score (nSPS) is 12.7. The molecule has 1 unspecified atom stereocenters. The molecule has 2 rings (SSSR count). The van der Waals surface area contributed by atoms with Gasteiger partial charge in [0, 0.05) is 6.07 Å². The van der Waals surface area contributed by atoms with Crippen LogP contribution in [0, 0.1) is 24.1 Å². The van der Waals surface area contributed by atoms with Crippen LogP contribution in [0.3, 0.4) is 0 Å². The number of halogens is 1. The number of hydrogen-bond donors (Lipinski definition) is 1. The van der Waals surface area contributed by atoms with Gasteiger partial charge in [0.25, 0.3) is 0 Å². The number of H-pyrrole nitrogens is 1. The fraction of sp³-hybridized carbons (Fsp3) is 0.273. The number of rotatable bonds is 1. The van der Waals surface area contributed by atoms with Crippen molar-refractivity contribution in [2.24, 2.45) is 0 Å². The van der Waals surface area contributed by atoms with Crippen molar-refractivity contribution in [3.05, 3.63) is 29.3 Å². The van der Waals surface area contributed by atoms with E-state index in [0.717, 1.165) is 5.52 Å². The molecule has 0 saturated heterocycles. The lowest BCUT2D eigenvalue weighted by atomic mass is 10.2. The molecule has 1 heterocycles. The summed E-state index contributed by atoms with van der Waals surface area (Å²) in [5.41, 5.74) is 1.91. The van der Waals surface area contributed by atoms with Crippen LogP contribution in [0.1, 0.15) is 24.2 Å². The maximum absolute atomic E-state index is 13.2. The zero-order chi connectivity index (χ0) is 11.0. The predicted molar refractivity (Wildman–Crippen MR) is 54.8 cm³/mol. The molecule has 1 aromatic carbocycles. The molecule has 0 aliphatic carbocycles. The molecule has 0 fully saturated rings. The Bertz CT molecular complexity index is 512. The molecule has 2 aromatic rings. The van der Waals surface area contributed by atoms with Crippen molar-refractivity contribution in [3.63, 3.8) is 0 Å². The van der Waals surface area contributed by atoms with Crippen molar-refractivity contribution in [1.82, 2.24) is 9.97 Å². The van der Waals surface area contributed by atoms with Gasteiger partial charge >= 0.3 is 0 Å². The van der Waals surface area contributed by atoms with E-state index in [2.05, 4.69) is 16.0 Å². The first-order valence-corrected chi connectivity index (χ1v) is 4.67. The number of nitrogens with zero attached hydrogens (tertiary/aromatic N) is 2. The van der Waals surface area contributed by atoms with Gasteiger partial charge in [0.15, 0.2) is 0 Å². The Morgan fingerprint density at radius 1 is 1.53 bits per heavy atom. The molecular weight excluding hydrogens is 193 g/mol. The molecule has 1 aromatic heterocycles. The average molecular weight is 203 g/mol. The molecule has 0 saturated carbocycles. The molecule has 4 heteroatoms. The summed E-state index contributed by atoms with van der Waals surface area (Å²) in [6.45, 7) is 3.45. The Morgan fingerprint density at radius 3 is 2.93 bits per heavy atom. The predicted octanol–water partition coefficient (Wildman–Crippen LogP) is 2.64. The van der Waals surface area contributed by atoms with Gasteiger partial charge in [-0.2, -0.15) is 5.26 Å². The topological polar surface area (TPSA) is 52.5 Å². The first-order valence-electron chi connectivity index (χ1n) is 4.67. The second kappa shape index (κ2) is 3.35. The molecule has 0 bridgehead atoms. The van der Waals surface area contributed by atoms with Gasteiger partial charge < -0.3 is 4.98 Å². The first-order chi connectivity index (χ1) is 7.11. The molecule has 76 valence electrons. The highest BCUT2D eigenvalue weighted by atomic mass is 19.1. The van der Waals surface area contributed by atoms with E-state index in [-0.39, 0.29) is 11.7 Å². The van der Waals surface area contributed by atoms with E-state index in [1.807, 2.05) is 0 Å². The standard InChI is InChI=1S/C11H10FN3/c1-6-3-9-10(4-8(6)12)15-11(14-9)7(2)5-13/h3-4,7H,1-2H3,(H,14,15). The van der Waals surface area contributed by atoms with Crippen LogP contribution in [0.25, 0.3) is 11.0 Å². The third-order valence-corrected chi connectivity index (χ3v) is 2.38. The third kappa shape index (κ3) is 1.57. The minimum absolute atomic E-state index is 0.273. The number of nitriles is 1. The zero-order valence-electron chi connectivity index (χ0n) is 8.50. The second-order valence-corrected chi connectivity index (χ2v) is 3.59. The Morgan fingerprint density at radius 2 is 2.27 bits per heavy atom. The Labute approximate surface area is 86.6 Å². The molecule has 0 radical (unpaired) electrons. The highest BCUT2D eigenvalue weighted by Gasteiger charge is 2.11. The van der Waals surface area contributed by atoms with Crippen molar-refractivity contribution in [2.45, 2.75) is 19.8 Å². The second-order valence-electron chi connectivity index (χ2n) is 3.59. The molecule has 1 atom stereocenters. The van der Waals surface area contributed by atoms with E-state index in [0.29, 0.717) is 16.9 Å². The number of fused-ring (bicyclic) bond motifs is 1. The molecule has 0 aliphatic rings. The van der Waals surface area contributed by atoms with Crippen LogP contribution in [0.5, 0.6) is 0 Å². The minimum Gasteiger partial charge on any atom is -0.341 e. The fourth-order valence-corrected chi connectivity index (χ4v) is 1.43. The highest BCUT2D eigenvalue weighted by molar-refractivity contribution is 5.76. The summed E-state index contributed by atoms with van der Waals surface area (Å²) in [6.07, 6.45) is 0. The van der Waals surface area contributed by atoms with Crippen LogP contribution >= 0.6 is 0 Å². The maximum Gasteiger partial charge on any atom is 0.128 e. The molecule has 1 N–H and O–H groups in total. The molecule has 15 heavy (non-hydrogen) atoms. The lowest BCUT2D eigenvalue weighted by molar-refractivity contribution is 0.620.